The molecule has 25 heavy (non-hydrogen) atoms. The third kappa shape index (κ3) is 4.39. The second kappa shape index (κ2) is 8.47. The maximum absolute atomic E-state index is 6.09. The number of benzene rings is 2. The molecule has 0 saturated carbocycles. The van der Waals surface area contributed by atoms with E-state index >= 15 is 0 Å². The predicted molar refractivity (Wildman–Crippen MR) is 101 cm³/mol. The van der Waals surface area contributed by atoms with Crippen molar-refractivity contribution >= 4 is 35.0 Å². The summed E-state index contributed by atoms with van der Waals surface area (Å²) in [6.45, 7) is 0.448. The quantitative estimate of drug-likeness (QED) is 0.426. The molecule has 0 aliphatic heterocycles. The maximum Gasteiger partial charge on any atom is 0.195 e. The lowest BCUT2D eigenvalue weighted by molar-refractivity contribution is 0.344. The Morgan fingerprint density at radius 3 is 2.48 bits per heavy atom. The summed E-state index contributed by atoms with van der Waals surface area (Å²) >= 11 is 13.7. The minimum absolute atomic E-state index is 0.448. The summed E-state index contributed by atoms with van der Waals surface area (Å²) in [6.07, 6.45) is 1.68. The summed E-state index contributed by atoms with van der Waals surface area (Å²) in [6, 6.07) is 13.0. The predicted octanol–water partition coefficient (Wildman–Crippen LogP) is 4.75. The highest BCUT2D eigenvalue weighted by Gasteiger charge is 2.09. The van der Waals surface area contributed by atoms with Crippen LogP contribution in [0.4, 0.5) is 0 Å². The highest BCUT2D eigenvalue weighted by atomic mass is 35.5. The molecule has 3 rings (SSSR count). The SMILES string of the molecule is COc1ccc(-n2cnnc2SCCOc2c(Cl)cccc2Cl)cc1. The third-order valence-electron chi connectivity index (χ3n) is 3.35. The molecule has 0 bridgehead atoms. The van der Waals surface area contributed by atoms with Gasteiger partial charge in [0.1, 0.15) is 12.1 Å². The minimum Gasteiger partial charge on any atom is -0.497 e. The van der Waals surface area contributed by atoms with E-state index in [0.29, 0.717) is 28.2 Å². The number of halogens is 2. The zero-order valence-electron chi connectivity index (χ0n) is 13.4. The molecule has 8 heteroatoms. The Balaban J connectivity index is 1.60. The normalized spacial score (nSPS) is 10.7. The van der Waals surface area contributed by atoms with Gasteiger partial charge in [-0.3, -0.25) is 4.57 Å². The molecular weight excluding hydrogens is 381 g/mol. The number of ether oxygens (including phenoxy) is 2. The van der Waals surface area contributed by atoms with Crippen LogP contribution in [0.1, 0.15) is 0 Å². The van der Waals surface area contributed by atoms with Gasteiger partial charge in [0.15, 0.2) is 10.9 Å². The summed E-state index contributed by atoms with van der Waals surface area (Å²) in [5, 5.41) is 9.91. The van der Waals surface area contributed by atoms with Crippen LogP contribution in [-0.2, 0) is 0 Å². The fourth-order valence-electron chi connectivity index (χ4n) is 2.14. The van der Waals surface area contributed by atoms with Crippen molar-refractivity contribution in [2.75, 3.05) is 19.5 Å². The lowest BCUT2D eigenvalue weighted by Crippen LogP contribution is -2.03. The largest absolute Gasteiger partial charge is 0.497 e. The van der Waals surface area contributed by atoms with Gasteiger partial charge in [0.05, 0.1) is 23.8 Å². The number of rotatable bonds is 7. The van der Waals surface area contributed by atoms with Gasteiger partial charge in [-0.1, -0.05) is 41.0 Å². The zero-order valence-corrected chi connectivity index (χ0v) is 15.7. The monoisotopic (exact) mass is 395 g/mol. The molecule has 1 heterocycles. The van der Waals surface area contributed by atoms with Gasteiger partial charge < -0.3 is 9.47 Å². The first kappa shape index (κ1) is 17.9. The van der Waals surface area contributed by atoms with Crippen molar-refractivity contribution in [3.8, 4) is 17.2 Å². The van der Waals surface area contributed by atoms with Crippen LogP contribution in [0.25, 0.3) is 5.69 Å². The molecule has 0 atom stereocenters. The highest BCUT2D eigenvalue weighted by Crippen LogP contribution is 2.32. The van der Waals surface area contributed by atoms with Crippen molar-refractivity contribution in [2.45, 2.75) is 5.16 Å². The maximum atomic E-state index is 6.09. The molecule has 0 radical (unpaired) electrons. The van der Waals surface area contributed by atoms with Gasteiger partial charge in [-0.2, -0.15) is 0 Å². The molecule has 3 aromatic rings. The first-order valence-corrected chi connectivity index (χ1v) is 9.17. The minimum atomic E-state index is 0.448. The van der Waals surface area contributed by atoms with Gasteiger partial charge in [-0.15, -0.1) is 10.2 Å². The second-order valence-corrected chi connectivity index (χ2v) is 6.81. The standard InChI is InChI=1S/C17H15Cl2N3O2S/c1-23-13-7-5-12(6-8-13)22-11-20-21-17(22)25-10-9-24-16-14(18)3-2-4-15(16)19/h2-8,11H,9-10H2,1H3. The van der Waals surface area contributed by atoms with Crippen molar-refractivity contribution in [3.63, 3.8) is 0 Å². The molecule has 130 valence electrons. The molecule has 2 aromatic carbocycles. The fourth-order valence-corrected chi connectivity index (χ4v) is 3.39. The Bertz CT molecular complexity index is 820. The van der Waals surface area contributed by atoms with E-state index in [9.17, 15) is 0 Å². The Labute approximate surface area is 159 Å². The molecular formula is C17H15Cl2N3O2S. The van der Waals surface area contributed by atoms with Gasteiger partial charge in [0.2, 0.25) is 0 Å². The van der Waals surface area contributed by atoms with Gasteiger partial charge in [-0.25, -0.2) is 0 Å². The summed E-state index contributed by atoms with van der Waals surface area (Å²) in [4.78, 5) is 0. The lowest BCUT2D eigenvalue weighted by atomic mass is 10.3. The molecule has 0 amide bonds. The molecule has 0 unspecified atom stereocenters. The Kier molecular flexibility index (Phi) is 6.07. The Morgan fingerprint density at radius 2 is 1.80 bits per heavy atom. The van der Waals surface area contributed by atoms with E-state index in [1.54, 1.807) is 31.6 Å². The molecule has 0 fully saturated rings. The van der Waals surface area contributed by atoms with Crippen LogP contribution in [0.3, 0.4) is 0 Å². The second-order valence-electron chi connectivity index (χ2n) is 4.93. The van der Waals surface area contributed by atoms with E-state index in [0.717, 1.165) is 16.6 Å². The average molecular weight is 396 g/mol. The number of hydrogen-bond donors (Lipinski definition) is 0. The fraction of sp³-hybridized carbons (Fsp3) is 0.176. The summed E-state index contributed by atoms with van der Waals surface area (Å²) in [7, 11) is 1.64. The number of aromatic nitrogens is 3. The van der Waals surface area contributed by atoms with E-state index in [2.05, 4.69) is 10.2 Å². The van der Waals surface area contributed by atoms with Crippen molar-refractivity contribution in [1.29, 1.82) is 0 Å². The van der Waals surface area contributed by atoms with Crippen molar-refractivity contribution in [1.82, 2.24) is 14.8 Å². The number of hydrogen-bond acceptors (Lipinski definition) is 5. The Morgan fingerprint density at radius 1 is 1.08 bits per heavy atom. The zero-order chi connectivity index (χ0) is 17.6. The average Bonchev–Trinajstić information content (AvgIpc) is 3.09. The summed E-state index contributed by atoms with van der Waals surface area (Å²) in [5.74, 6) is 1.98. The molecule has 0 spiro atoms. The third-order valence-corrected chi connectivity index (χ3v) is 4.85. The number of thioether (sulfide) groups is 1. The van der Waals surface area contributed by atoms with Crippen molar-refractivity contribution in [3.05, 3.63) is 58.8 Å². The highest BCUT2D eigenvalue weighted by molar-refractivity contribution is 7.99. The van der Waals surface area contributed by atoms with E-state index < -0.39 is 0 Å². The number of para-hydroxylation sites is 1. The van der Waals surface area contributed by atoms with Gasteiger partial charge in [0, 0.05) is 11.4 Å². The van der Waals surface area contributed by atoms with Crippen LogP contribution in [-0.4, -0.2) is 34.2 Å². The van der Waals surface area contributed by atoms with Crippen molar-refractivity contribution in [2.24, 2.45) is 0 Å². The first-order chi connectivity index (χ1) is 12.2. The molecule has 0 aliphatic carbocycles. The van der Waals surface area contributed by atoms with Crippen LogP contribution < -0.4 is 9.47 Å². The summed E-state index contributed by atoms with van der Waals surface area (Å²) < 4.78 is 12.8. The van der Waals surface area contributed by atoms with E-state index in [1.807, 2.05) is 28.8 Å². The van der Waals surface area contributed by atoms with Crippen molar-refractivity contribution < 1.29 is 9.47 Å². The van der Waals surface area contributed by atoms with Crippen LogP contribution in [0.15, 0.2) is 53.9 Å². The molecule has 0 N–H and O–H groups in total. The van der Waals surface area contributed by atoms with E-state index in [-0.39, 0.29) is 0 Å². The van der Waals surface area contributed by atoms with Gasteiger partial charge >= 0.3 is 0 Å². The summed E-state index contributed by atoms with van der Waals surface area (Å²) in [5.41, 5.74) is 0.961. The van der Waals surface area contributed by atoms with Gasteiger partial charge in [0.25, 0.3) is 0 Å². The number of methoxy groups -OCH3 is 1. The Hall–Kier alpha value is -1.89. The lowest BCUT2D eigenvalue weighted by Gasteiger charge is -2.10. The molecule has 5 nitrogen and oxygen atoms in total. The van der Waals surface area contributed by atoms with Crippen LogP contribution in [0.5, 0.6) is 11.5 Å². The first-order valence-electron chi connectivity index (χ1n) is 7.43. The van der Waals surface area contributed by atoms with Crippen LogP contribution in [0.2, 0.25) is 10.0 Å². The van der Waals surface area contributed by atoms with E-state index in [1.165, 1.54) is 11.8 Å². The van der Waals surface area contributed by atoms with E-state index in [4.69, 9.17) is 32.7 Å². The van der Waals surface area contributed by atoms with Crippen LogP contribution >= 0.6 is 35.0 Å². The molecule has 0 saturated heterocycles. The topological polar surface area (TPSA) is 49.2 Å². The smallest absolute Gasteiger partial charge is 0.195 e. The van der Waals surface area contributed by atoms with Gasteiger partial charge in [-0.05, 0) is 36.4 Å². The molecule has 1 aromatic heterocycles. The van der Waals surface area contributed by atoms with Crippen LogP contribution in [0, 0.1) is 0 Å². The molecule has 0 aliphatic rings. The number of nitrogens with zero attached hydrogens (tertiary/aromatic N) is 3.